The van der Waals surface area contributed by atoms with Gasteiger partial charge in [0, 0.05) is 19.1 Å². The molecule has 0 bridgehead atoms. The van der Waals surface area contributed by atoms with E-state index in [2.05, 4.69) is 0 Å². The van der Waals surface area contributed by atoms with Gasteiger partial charge in [-0.25, -0.2) is 0 Å². The fourth-order valence-corrected chi connectivity index (χ4v) is 2.19. The molecule has 1 saturated heterocycles. The molecular weight excluding hydrogens is 216 g/mol. The van der Waals surface area contributed by atoms with Crippen molar-refractivity contribution in [2.24, 2.45) is 5.73 Å². The molecule has 0 radical (unpaired) electrons. The van der Waals surface area contributed by atoms with Gasteiger partial charge in [-0.05, 0) is 30.5 Å². The lowest BCUT2D eigenvalue weighted by Crippen LogP contribution is -2.46. The second-order valence-electron chi connectivity index (χ2n) is 4.59. The minimum atomic E-state index is 0.0887. The van der Waals surface area contributed by atoms with Crippen molar-refractivity contribution >= 4 is 5.91 Å². The van der Waals surface area contributed by atoms with Gasteiger partial charge in [0.05, 0.1) is 6.42 Å². The van der Waals surface area contributed by atoms with Crippen LogP contribution < -0.4 is 5.73 Å². The molecule has 17 heavy (non-hydrogen) atoms. The Morgan fingerprint density at radius 2 is 2.35 bits per heavy atom. The number of rotatable bonds is 2. The van der Waals surface area contributed by atoms with E-state index in [1.807, 2.05) is 11.0 Å². The van der Waals surface area contributed by atoms with Crippen LogP contribution in [0.2, 0.25) is 0 Å². The van der Waals surface area contributed by atoms with Gasteiger partial charge in [-0.1, -0.05) is 12.1 Å². The highest BCUT2D eigenvalue weighted by atomic mass is 16.3. The van der Waals surface area contributed by atoms with Crippen molar-refractivity contribution in [1.82, 2.24) is 4.90 Å². The predicted octanol–water partition coefficient (Wildman–Crippen LogP) is 0.884. The lowest BCUT2D eigenvalue weighted by atomic mass is 10.1. The van der Waals surface area contributed by atoms with Gasteiger partial charge in [0.1, 0.15) is 5.75 Å². The number of nitrogens with zero attached hydrogens (tertiary/aromatic N) is 1. The molecule has 4 nitrogen and oxygen atoms in total. The van der Waals surface area contributed by atoms with Crippen LogP contribution in [-0.4, -0.2) is 35.0 Å². The number of phenolic OH excluding ortho intramolecular Hbond substituents is 1. The first-order valence-corrected chi connectivity index (χ1v) is 5.96. The molecule has 0 spiro atoms. The average molecular weight is 234 g/mol. The van der Waals surface area contributed by atoms with E-state index >= 15 is 0 Å². The molecule has 1 heterocycles. The maximum absolute atomic E-state index is 12.0. The van der Waals surface area contributed by atoms with Crippen LogP contribution >= 0.6 is 0 Å². The Balaban J connectivity index is 1.96. The molecule has 0 aliphatic carbocycles. The molecule has 4 heteroatoms. The zero-order chi connectivity index (χ0) is 12.3. The van der Waals surface area contributed by atoms with E-state index in [1.54, 1.807) is 18.2 Å². The summed E-state index contributed by atoms with van der Waals surface area (Å²) in [6.45, 7) is 1.45. The van der Waals surface area contributed by atoms with Gasteiger partial charge in [0.15, 0.2) is 0 Å². The van der Waals surface area contributed by atoms with E-state index in [0.717, 1.165) is 24.9 Å². The molecule has 1 amide bonds. The van der Waals surface area contributed by atoms with E-state index in [9.17, 15) is 9.90 Å². The Kier molecular flexibility index (Phi) is 3.64. The Bertz CT molecular complexity index is 406. The number of amides is 1. The molecule has 1 aromatic carbocycles. The maximum atomic E-state index is 12.0. The summed E-state index contributed by atoms with van der Waals surface area (Å²) in [5, 5.41) is 9.33. The van der Waals surface area contributed by atoms with Crippen LogP contribution in [0.4, 0.5) is 0 Å². The third-order valence-electron chi connectivity index (χ3n) is 3.08. The highest BCUT2D eigenvalue weighted by Gasteiger charge is 2.21. The van der Waals surface area contributed by atoms with Crippen molar-refractivity contribution < 1.29 is 9.90 Å². The molecule has 3 N–H and O–H groups in total. The molecule has 2 rings (SSSR count). The van der Waals surface area contributed by atoms with E-state index < -0.39 is 0 Å². The fraction of sp³-hybridized carbons (Fsp3) is 0.462. The molecular formula is C13H18N2O2. The number of carbonyl (C=O) groups excluding carboxylic acids is 1. The van der Waals surface area contributed by atoms with Gasteiger partial charge in [0.2, 0.25) is 5.91 Å². The summed E-state index contributed by atoms with van der Waals surface area (Å²) in [5.74, 6) is 0.288. The third kappa shape index (κ3) is 3.20. The van der Waals surface area contributed by atoms with E-state index in [4.69, 9.17) is 5.73 Å². The van der Waals surface area contributed by atoms with E-state index in [-0.39, 0.29) is 17.7 Å². The Hall–Kier alpha value is -1.55. The van der Waals surface area contributed by atoms with Crippen LogP contribution in [0.1, 0.15) is 18.4 Å². The van der Waals surface area contributed by atoms with Gasteiger partial charge in [-0.15, -0.1) is 0 Å². The molecule has 1 fully saturated rings. The number of carbonyl (C=O) groups is 1. The van der Waals surface area contributed by atoms with Gasteiger partial charge in [0.25, 0.3) is 0 Å². The van der Waals surface area contributed by atoms with E-state index in [1.165, 1.54) is 0 Å². The zero-order valence-electron chi connectivity index (χ0n) is 9.80. The predicted molar refractivity (Wildman–Crippen MR) is 65.6 cm³/mol. The molecule has 0 unspecified atom stereocenters. The monoisotopic (exact) mass is 234 g/mol. The normalized spacial score (nSPS) is 20.3. The highest BCUT2D eigenvalue weighted by molar-refractivity contribution is 5.79. The number of phenols is 1. The first-order valence-electron chi connectivity index (χ1n) is 5.96. The highest BCUT2D eigenvalue weighted by Crippen LogP contribution is 2.14. The van der Waals surface area contributed by atoms with Crippen LogP contribution in [0.15, 0.2) is 24.3 Å². The number of benzene rings is 1. The first kappa shape index (κ1) is 11.9. The van der Waals surface area contributed by atoms with Crippen molar-refractivity contribution in [2.45, 2.75) is 25.3 Å². The standard InChI is InChI=1S/C13H18N2O2/c14-11-4-2-6-15(9-11)13(17)8-10-3-1-5-12(16)7-10/h1,3,5,7,11,16H,2,4,6,8-9,14H2/t11-/m1/s1. The number of aromatic hydroxyl groups is 1. The van der Waals surface area contributed by atoms with Crippen molar-refractivity contribution in [3.63, 3.8) is 0 Å². The largest absolute Gasteiger partial charge is 0.508 e. The Morgan fingerprint density at radius 3 is 3.06 bits per heavy atom. The summed E-state index contributed by atoms with van der Waals surface area (Å²) >= 11 is 0. The molecule has 0 saturated carbocycles. The van der Waals surface area contributed by atoms with Crippen LogP contribution in [0.5, 0.6) is 5.75 Å². The summed E-state index contributed by atoms with van der Waals surface area (Å²) in [4.78, 5) is 13.8. The fourth-order valence-electron chi connectivity index (χ4n) is 2.19. The summed E-state index contributed by atoms with van der Waals surface area (Å²) in [7, 11) is 0. The zero-order valence-corrected chi connectivity index (χ0v) is 9.80. The number of piperidine rings is 1. The number of hydrogen-bond donors (Lipinski definition) is 2. The topological polar surface area (TPSA) is 66.6 Å². The first-order chi connectivity index (χ1) is 8.15. The van der Waals surface area contributed by atoms with Gasteiger partial charge in [-0.2, -0.15) is 0 Å². The lowest BCUT2D eigenvalue weighted by molar-refractivity contribution is -0.131. The molecule has 1 aliphatic heterocycles. The summed E-state index contributed by atoms with van der Waals surface area (Å²) < 4.78 is 0. The molecule has 92 valence electrons. The van der Waals surface area contributed by atoms with Crippen molar-refractivity contribution in [3.8, 4) is 5.75 Å². The summed E-state index contributed by atoms with van der Waals surface area (Å²) in [6, 6.07) is 6.94. The quantitative estimate of drug-likeness (QED) is 0.798. The van der Waals surface area contributed by atoms with E-state index in [0.29, 0.717) is 13.0 Å². The van der Waals surface area contributed by atoms with Crippen molar-refractivity contribution in [3.05, 3.63) is 29.8 Å². The second-order valence-corrected chi connectivity index (χ2v) is 4.59. The van der Waals surface area contributed by atoms with Gasteiger partial charge >= 0.3 is 0 Å². The smallest absolute Gasteiger partial charge is 0.227 e. The maximum Gasteiger partial charge on any atom is 0.227 e. The van der Waals surface area contributed by atoms with Crippen molar-refractivity contribution in [2.75, 3.05) is 13.1 Å². The lowest BCUT2D eigenvalue weighted by Gasteiger charge is -2.30. The van der Waals surface area contributed by atoms with Crippen LogP contribution in [0.3, 0.4) is 0 Å². The van der Waals surface area contributed by atoms with Crippen molar-refractivity contribution in [1.29, 1.82) is 0 Å². The number of likely N-dealkylation sites (tertiary alicyclic amines) is 1. The second kappa shape index (κ2) is 5.19. The number of hydrogen-bond acceptors (Lipinski definition) is 3. The van der Waals surface area contributed by atoms with Crippen LogP contribution in [0.25, 0.3) is 0 Å². The van der Waals surface area contributed by atoms with Gasteiger partial charge < -0.3 is 15.7 Å². The number of nitrogens with two attached hydrogens (primary N) is 1. The molecule has 1 aromatic rings. The van der Waals surface area contributed by atoms with Gasteiger partial charge in [-0.3, -0.25) is 4.79 Å². The Labute approximate surface area is 101 Å². The Morgan fingerprint density at radius 1 is 1.53 bits per heavy atom. The van der Waals surface area contributed by atoms with Crippen LogP contribution in [0, 0.1) is 0 Å². The average Bonchev–Trinajstić information content (AvgIpc) is 2.29. The minimum Gasteiger partial charge on any atom is -0.508 e. The molecule has 1 atom stereocenters. The van der Waals surface area contributed by atoms with Crippen LogP contribution in [-0.2, 0) is 11.2 Å². The minimum absolute atomic E-state index is 0.0887. The third-order valence-corrected chi connectivity index (χ3v) is 3.08. The molecule has 0 aromatic heterocycles. The molecule has 1 aliphatic rings. The SMILES string of the molecule is N[C@@H]1CCCN(C(=O)Cc2cccc(O)c2)C1. The summed E-state index contributed by atoms with van der Waals surface area (Å²) in [6.07, 6.45) is 2.31. The summed E-state index contributed by atoms with van der Waals surface area (Å²) in [5.41, 5.74) is 6.69.